The van der Waals surface area contributed by atoms with Crippen LogP contribution in [0.25, 0.3) is 11.1 Å². The summed E-state index contributed by atoms with van der Waals surface area (Å²) in [5, 5.41) is 10.0. The maximum absolute atomic E-state index is 10.0. The Morgan fingerprint density at radius 1 is 1.16 bits per heavy atom. The molecule has 0 spiro atoms. The Balaban J connectivity index is 1.49. The molecule has 0 saturated heterocycles. The summed E-state index contributed by atoms with van der Waals surface area (Å²) < 4.78 is 17.4. The van der Waals surface area contributed by atoms with E-state index in [1.807, 2.05) is 48.3 Å². The fourth-order valence-corrected chi connectivity index (χ4v) is 4.34. The molecule has 32 heavy (non-hydrogen) atoms. The van der Waals surface area contributed by atoms with E-state index in [2.05, 4.69) is 30.3 Å². The molecule has 0 aliphatic carbocycles. The molecule has 6 heteroatoms. The highest BCUT2D eigenvalue weighted by molar-refractivity contribution is 7.98. The Morgan fingerprint density at radius 2 is 2.06 bits per heavy atom. The van der Waals surface area contributed by atoms with Crippen LogP contribution in [0.3, 0.4) is 0 Å². The van der Waals surface area contributed by atoms with Crippen LogP contribution in [0.5, 0.6) is 17.4 Å². The van der Waals surface area contributed by atoms with E-state index in [4.69, 9.17) is 14.2 Å². The largest absolute Gasteiger partial charge is 0.494 e. The van der Waals surface area contributed by atoms with Crippen LogP contribution in [-0.2, 0) is 19.6 Å². The van der Waals surface area contributed by atoms with Crippen molar-refractivity contribution in [1.82, 2.24) is 4.98 Å². The fraction of sp³-hybridized carbons (Fsp3) is 0.346. The fourth-order valence-electron chi connectivity index (χ4n) is 3.93. The number of aliphatic hydroxyl groups is 1. The number of benzene rings is 2. The molecule has 4 rings (SSSR count). The van der Waals surface area contributed by atoms with E-state index < -0.39 is 0 Å². The Kier molecular flexibility index (Phi) is 7.55. The van der Waals surface area contributed by atoms with Gasteiger partial charge in [-0.1, -0.05) is 18.2 Å². The van der Waals surface area contributed by atoms with Crippen LogP contribution < -0.4 is 14.2 Å². The average Bonchev–Trinajstić information content (AvgIpc) is 3.28. The zero-order valence-electron chi connectivity index (χ0n) is 18.6. The second kappa shape index (κ2) is 10.7. The molecule has 1 aliphatic heterocycles. The lowest BCUT2D eigenvalue weighted by molar-refractivity contribution is 0.279. The first-order valence-corrected chi connectivity index (χ1v) is 12.3. The quantitative estimate of drug-likeness (QED) is 0.428. The third-order valence-corrected chi connectivity index (χ3v) is 6.17. The van der Waals surface area contributed by atoms with Gasteiger partial charge in [-0.3, -0.25) is 0 Å². The standard InChI is InChI=1S/C26H29NO4S/c1-18-11-23(29-8-4-10-32-2)13-22(16-28)26(18)20-6-3-5-19(12-20)17-31-25-14-24-21(15-27-25)7-9-30-24/h3,5-6,11-15,28H,4,7-10,16-17H2,1-2H3. The number of thioether (sulfide) groups is 1. The maximum Gasteiger partial charge on any atom is 0.217 e. The number of hydrogen-bond acceptors (Lipinski definition) is 6. The van der Waals surface area contributed by atoms with Crippen LogP contribution in [0.2, 0.25) is 0 Å². The monoisotopic (exact) mass is 451 g/mol. The van der Waals surface area contributed by atoms with Gasteiger partial charge in [0.15, 0.2) is 0 Å². The molecule has 2 heterocycles. The van der Waals surface area contributed by atoms with Gasteiger partial charge in [0.1, 0.15) is 18.1 Å². The van der Waals surface area contributed by atoms with Crippen molar-refractivity contribution in [1.29, 1.82) is 0 Å². The first-order chi connectivity index (χ1) is 15.7. The SMILES string of the molecule is CSCCCOc1cc(C)c(-c2cccc(COc3cc4c(cn3)CCO4)c2)c(CO)c1. The van der Waals surface area contributed by atoms with Gasteiger partial charge in [-0.15, -0.1) is 0 Å². The molecular formula is C26H29NO4S. The molecule has 0 bridgehead atoms. The van der Waals surface area contributed by atoms with Gasteiger partial charge in [-0.25, -0.2) is 4.98 Å². The minimum atomic E-state index is -0.0437. The molecule has 2 aromatic carbocycles. The summed E-state index contributed by atoms with van der Waals surface area (Å²) in [4.78, 5) is 4.38. The van der Waals surface area contributed by atoms with Gasteiger partial charge in [0.05, 0.1) is 19.8 Å². The van der Waals surface area contributed by atoms with Crippen LogP contribution in [0.4, 0.5) is 0 Å². The second-order valence-corrected chi connectivity index (χ2v) is 8.83. The highest BCUT2D eigenvalue weighted by Gasteiger charge is 2.14. The van der Waals surface area contributed by atoms with E-state index in [0.717, 1.165) is 63.5 Å². The van der Waals surface area contributed by atoms with Crippen molar-refractivity contribution in [3.8, 4) is 28.5 Å². The Labute approximate surface area is 193 Å². The summed E-state index contributed by atoms with van der Waals surface area (Å²) >= 11 is 1.82. The summed E-state index contributed by atoms with van der Waals surface area (Å²) in [7, 11) is 0. The minimum Gasteiger partial charge on any atom is -0.494 e. The molecular weight excluding hydrogens is 422 g/mol. The van der Waals surface area contributed by atoms with E-state index in [1.165, 1.54) is 0 Å². The summed E-state index contributed by atoms with van der Waals surface area (Å²) in [6, 6.07) is 14.1. The molecule has 1 aliphatic rings. The average molecular weight is 452 g/mol. The summed E-state index contributed by atoms with van der Waals surface area (Å²) in [5.41, 5.74) is 6.18. The second-order valence-electron chi connectivity index (χ2n) is 7.85. The smallest absolute Gasteiger partial charge is 0.217 e. The Morgan fingerprint density at radius 3 is 2.91 bits per heavy atom. The van der Waals surface area contributed by atoms with Crippen molar-refractivity contribution in [2.24, 2.45) is 0 Å². The Hall–Kier alpha value is -2.70. The van der Waals surface area contributed by atoms with Crippen LogP contribution in [0.1, 0.15) is 28.7 Å². The third kappa shape index (κ3) is 5.37. The van der Waals surface area contributed by atoms with Gasteiger partial charge < -0.3 is 19.3 Å². The topological polar surface area (TPSA) is 60.8 Å². The number of fused-ring (bicyclic) bond motifs is 1. The molecule has 0 radical (unpaired) electrons. The van der Waals surface area contributed by atoms with Crippen molar-refractivity contribution in [2.75, 3.05) is 25.2 Å². The Bertz CT molecular complexity index is 1070. The molecule has 0 fully saturated rings. The number of aliphatic hydroxyl groups excluding tert-OH is 1. The molecule has 0 atom stereocenters. The number of nitrogens with zero attached hydrogens (tertiary/aromatic N) is 1. The van der Waals surface area contributed by atoms with E-state index in [-0.39, 0.29) is 6.61 Å². The van der Waals surface area contributed by atoms with Crippen molar-refractivity contribution >= 4 is 11.8 Å². The predicted molar refractivity (Wildman–Crippen MR) is 129 cm³/mol. The number of aryl methyl sites for hydroxylation is 1. The number of hydrogen-bond donors (Lipinski definition) is 1. The van der Waals surface area contributed by atoms with E-state index >= 15 is 0 Å². The van der Waals surface area contributed by atoms with Gasteiger partial charge >= 0.3 is 0 Å². The van der Waals surface area contributed by atoms with Gasteiger partial charge in [-0.05, 0) is 71.4 Å². The van der Waals surface area contributed by atoms with Gasteiger partial charge in [0.25, 0.3) is 0 Å². The number of ether oxygens (including phenoxy) is 3. The van der Waals surface area contributed by atoms with Gasteiger partial charge in [-0.2, -0.15) is 11.8 Å². The maximum atomic E-state index is 10.0. The number of pyridine rings is 1. The van der Waals surface area contributed by atoms with Crippen LogP contribution >= 0.6 is 11.8 Å². The summed E-state index contributed by atoms with van der Waals surface area (Å²) in [5.74, 6) is 3.31. The highest BCUT2D eigenvalue weighted by Crippen LogP contribution is 2.33. The van der Waals surface area contributed by atoms with E-state index in [0.29, 0.717) is 25.7 Å². The van der Waals surface area contributed by atoms with E-state index in [9.17, 15) is 5.11 Å². The molecule has 0 saturated carbocycles. The third-order valence-electron chi connectivity index (χ3n) is 5.47. The summed E-state index contributed by atoms with van der Waals surface area (Å²) in [6.07, 6.45) is 5.83. The lowest BCUT2D eigenvalue weighted by Crippen LogP contribution is -2.02. The van der Waals surface area contributed by atoms with Crippen molar-refractivity contribution in [3.05, 3.63) is 70.9 Å². The molecule has 1 aromatic heterocycles. The first-order valence-electron chi connectivity index (χ1n) is 10.9. The highest BCUT2D eigenvalue weighted by atomic mass is 32.2. The van der Waals surface area contributed by atoms with Crippen LogP contribution in [-0.4, -0.2) is 35.3 Å². The molecule has 3 aromatic rings. The van der Waals surface area contributed by atoms with Gasteiger partial charge in [0, 0.05) is 24.2 Å². The molecule has 1 N–H and O–H groups in total. The normalized spacial score (nSPS) is 12.3. The minimum absolute atomic E-state index is 0.0437. The van der Waals surface area contributed by atoms with Crippen LogP contribution in [0.15, 0.2) is 48.7 Å². The zero-order chi connectivity index (χ0) is 22.3. The molecule has 5 nitrogen and oxygen atoms in total. The number of rotatable bonds is 10. The van der Waals surface area contributed by atoms with Crippen molar-refractivity contribution < 1.29 is 19.3 Å². The van der Waals surface area contributed by atoms with Crippen LogP contribution in [0, 0.1) is 6.92 Å². The van der Waals surface area contributed by atoms with E-state index in [1.54, 1.807) is 0 Å². The van der Waals surface area contributed by atoms with Crippen molar-refractivity contribution in [2.45, 2.75) is 33.0 Å². The van der Waals surface area contributed by atoms with Gasteiger partial charge in [0.2, 0.25) is 5.88 Å². The molecule has 0 unspecified atom stereocenters. The molecule has 0 amide bonds. The number of aromatic nitrogens is 1. The molecule has 168 valence electrons. The zero-order valence-corrected chi connectivity index (χ0v) is 19.4. The lowest BCUT2D eigenvalue weighted by Gasteiger charge is -2.16. The van der Waals surface area contributed by atoms with Crippen molar-refractivity contribution in [3.63, 3.8) is 0 Å². The summed E-state index contributed by atoms with van der Waals surface area (Å²) in [6.45, 7) is 3.80. The lowest BCUT2D eigenvalue weighted by atomic mass is 9.94. The first kappa shape index (κ1) is 22.5. The predicted octanol–water partition coefficient (Wildman–Crippen LogP) is 5.20.